The van der Waals surface area contributed by atoms with Crippen LogP contribution in [0.25, 0.3) is 0 Å². The van der Waals surface area contributed by atoms with Crippen LogP contribution in [0.2, 0.25) is 0 Å². The van der Waals surface area contributed by atoms with Crippen LogP contribution in [0.4, 0.5) is 0 Å². The molecule has 1 aromatic heterocycles. The topological polar surface area (TPSA) is 153 Å². The molecule has 2 heterocycles. The number of hydrogen-bond donors (Lipinski definition) is 3. The standard InChI is InChI=1S/C19H36N4O8/c20-2-5-29-14-16-13-23(22-21-16)3-6-26-7-8-27-9-10-28-11-12-30-15-18-19(25)17(24)1-4-31-18/h13,17-19,24-25H,1-12,14-15,20H2. The maximum absolute atomic E-state index is 9.78. The van der Waals surface area contributed by atoms with Crippen molar-refractivity contribution in [3.63, 3.8) is 0 Å². The van der Waals surface area contributed by atoms with E-state index in [1.807, 2.05) is 6.20 Å². The summed E-state index contributed by atoms with van der Waals surface area (Å²) in [5.74, 6) is 0. The van der Waals surface area contributed by atoms with Crippen molar-refractivity contribution in [3.8, 4) is 0 Å². The fraction of sp³-hybridized carbons (Fsp3) is 0.895. The number of aliphatic hydroxyl groups excluding tert-OH is 2. The van der Waals surface area contributed by atoms with Crippen LogP contribution in [-0.2, 0) is 41.6 Å². The van der Waals surface area contributed by atoms with Gasteiger partial charge < -0.3 is 44.4 Å². The Balaban J connectivity index is 1.32. The van der Waals surface area contributed by atoms with E-state index >= 15 is 0 Å². The van der Waals surface area contributed by atoms with Crippen LogP contribution in [0.3, 0.4) is 0 Å². The zero-order chi connectivity index (χ0) is 22.2. The largest absolute Gasteiger partial charge is 0.390 e. The average Bonchev–Trinajstić information content (AvgIpc) is 3.22. The molecular formula is C19H36N4O8. The van der Waals surface area contributed by atoms with Gasteiger partial charge in [-0.2, -0.15) is 0 Å². The summed E-state index contributed by atoms with van der Waals surface area (Å²) in [5.41, 5.74) is 6.13. The summed E-state index contributed by atoms with van der Waals surface area (Å²) in [7, 11) is 0. The molecule has 0 bridgehead atoms. The molecule has 1 saturated heterocycles. The normalized spacial score (nSPS) is 21.6. The molecule has 12 nitrogen and oxygen atoms in total. The third-order valence-electron chi connectivity index (χ3n) is 4.48. The predicted octanol–water partition coefficient (Wildman–Crippen LogP) is -1.67. The van der Waals surface area contributed by atoms with E-state index in [1.165, 1.54) is 0 Å². The zero-order valence-electron chi connectivity index (χ0n) is 18.0. The Morgan fingerprint density at radius 1 is 0.968 bits per heavy atom. The molecule has 4 N–H and O–H groups in total. The molecule has 1 fully saturated rings. The van der Waals surface area contributed by atoms with Gasteiger partial charge in [-0.1, -0.05) is 5.21 Å². The smallest absolute Gasteiger partial charge is 0.109 e. The second kappa shape index (κ2) is 16.4. The molecule has 0 radical (unpaired) electrons. The fourth-order valence-corrected chi connectivity index (χ4v) is 2.80. The summed E-state index contributed by atoms with van der Waals surface area (Å²) >= 11 is 0. The summed E-state index contributed by atoms with van der Waals surface area (Å²) in [6, 6.07) is 0. The lowest BCUT2D eigenvalue weighted by molar-refractivity contribution is -0.156. The van der Waals surface area contributed by atoms with E-state index in [0.717, 1.165) is 5.69 Å². The van der Waals surface area contributed by atoms with Crippen LogP contribution >= 0.6 is 0 Å². The molecule has 180 valence electrons. The summed E-state index contributed by atoms with van der Waals surface area (Å²) < 4.78 is 34.2. The van der Waals surface area contributed by atoms with Crippen molar-refractivity contribution in [2.45, 2.75) is 37.9 Å². The maximum atomic E-state index is 9.78. The molecule has 31 heavy (non-hydrogen) atoms. The van der Waals surface area contributed by atoms with Crippen molar-refractivity contribution in [1.82, 2.24) is 15.0 Å². The molecule has 2 rings (SSSR count). The van der Waals surface area contributed by atoms with E-state index in [0.29, 0.717) is 85.6 Å². The van der Waals surface area contributed by atoms with Crippen molar-refractivity contribution < 1.29 is 38.6 Å². The Morgan fingerprint density at radius 2 is 1.65 bits per heavy atom. The summed E-state index contributed by atoms with van der Waals surface area (Å²) in [5, 5.41) is 27.4. The molecule has 0 aromatic carbocycles. The molecule has 1 aromatic rings. The van der Waals surface area contributed by atoms with Gasteiger partial charge in [0.15, 0.2) is 0 Å². The van der Waals surface area contributed by atoms with Crippen molar-refractivity contribution >= 4 is 0 Å². The number of nitrogens with two attached hydrogens (primary N) is 1. The van der Waals surface area contributed by atoms with E-state index < -0.39 is 18.3 Å². The number of rotatable bonds is 18. The van der Waals surface area contributed by atoms with Crippen LogP contribution in [-0.4, -0.2) is 116 Å². The molecule has 0 amide bonds. The Kier molecular flexibility index (Phi) is 13.8. The zero-order valence-corrected chi connectivity index (χ0v) is 18.0. The first-order chi connectivity index (χ1) is 15.2. The monoisotopic (exact) mass is 448 g/mol. The predicted molar refractivity (Wildman–Crippen MR) is 108 cm³/mol. The van der Waals surface area contributed by atoms with Crippen LogP contribution in [0.5, 0.6) is 0 Å². The Bertz CT molecular complexity index is 565. The van der Waals surface area contributed by atoms with E-state index in [-0.39, 0.29) is 6.61 Å². The first-order valence-corrected chi connectivity index (χ1v) is 10.7. The molecule has 0 saturated carbocycles. The van der Waals surface area contributed by atoms with Crippen molar-refractivity contribution in [3.05, 3.63) is 11.9 Å². The van der Waals surface area contributed by atoms with Gasteiger partial charge in [-0.05, 0) is 6.42 Å². The highest BCUT2D eigenvalue weighted by Gasteiger charge is 2.31. The Labute approximate surface area is 182 Å². The van der Waals surface area contributed by atoms with Crippen molar-refractivity contribution in [2.24, 2.45) is 5.73 Å². The lowest BCUT2D eigenvalue weighted by Gasteiger charge is -2.31. The molecule has 1 aliphatic heterocycles. The molecule has 0 spiro atoms. The highest BCUT2D eigenvalue weighted by atomic mass is 16.6. The number of aliphatic hydroxyl groups is 2. The molecule has 3 unspecified atom stereocenters. The van der Waals surface area contributed by atoms with Gasteiger partial charge >= 0.3 is 0 Å². The number of nitrogens with zero attached hydrogens (tertiary/aromatic N) is 3. The van der Waals surface area contributed by atoms with Crippen molar-refractivity contribution in [2.75, 3.05) is 72.6 Å². The number of hydrogen-bond acceptors (Lipinski definition) is 11. The number of ether oxygens (including phenoxy) is 6. The second-order valence-electron chi connectivity index (χ2n) is 6.98. The highest BCUT2D eigenvalue weighted by molar-refractivity contribution is 4.89. The lowest BCUT2D eigenvalue weighted by atomic mass is 10.0. The molecule has 3 atom stereocenters. The van der Waals surface area contributed by atoms with Gasteiger partial charge in [0.25, 0.3) is 0 Å². The van der Waals surface area contributed by atoms with E-state index in [4.69, 9.17) is 34.2 Å². The molecule has 12 heteroatoms. The maximum Gasteiger partial charge on any atom is 0.109 e. The molecular weight excluding hydrogens is 412 g/mol. The average molecular weight is 449 g/mol. The SMILES string of the molecule is NCCOCc1cn(CCOCCOCCOCCOCC2OCCC(O)C2O)nn1. The minimum atomic E-state index is -0.903. The molecule has 1 aliphatic rings. The fourth-order valence-electron chi connectivity index (χ4n) is 2.80. The van der Waals surface area contributed by atoms with Crippen LogP contribution < -0.4 is 5.73 Å². The van der Waals surface area contributed by atoms with Crippen molar-refractivity contribution in [1.29, 1.82) is 0 Å². The second-order valence-corrected chi connectivity index (χ2v) is 6.98. The molecule has 0 aliphatic carbocycles. The van der Waals surface area contributed by atoms with Gasteiger partial charge in [0.1, 0.15) is 17.9 Å². The van der Waals surface area contributed by atoms with Gasteiger partial charge in [-0.15, -0.1) is 5.10 Å². The minimum Gasteiger partial charge on any atom is -0.390 e. The third-order valence-corrected chi connectivity index (χ3v) is 4.48. The Hall–Kier alpha value is -1.22. The van der Waals surface area contributed by atoms with Gasteiger partial charge in [-0.25, -0.2) is 4.68 Å². The minimum absolute atomic E-state index is 0.230. The third kappa shape index (κ3) is 11.3. The van der Waals surface area contributed by atoms with Crippen LogP contribution in [0.15, 0.2) is 6.20 Å². The number of aromatic nitrogens is 3. The first kappa shape index (κ1) is 26.0. The first-order valence-electron chi connectivity index (χ1n) is 10.7. The van der Waals surface area contributed by atoms with Gasteiger partial charge in [0.05, 0.1) is 84.9 Å². The quantitative estimate of drug-likeness (QED) is 0.221. The van der Waals surface area contributed by atoms with Gasteiger partial charge in [0.2, 0.25) is 0 Å². The van der Waals surface area contributed by atoms with Gasteiger partial charge in [0, 0.05) is 13.2 Å². The Morgan fingerprint density at radius 3 is 2.35 bits per heavy atom. The van der Waals surface area contributed by atoms with Gasteiger partial charge in [-0.3, -0.25) is 0 Å². The van der Waals surface area contributed by atoms with E-state index in [1.54, 1.807) is 4.68 Å². The van der Waals surface area contributed by atoms with Crippen LogP contribution in [0.1, 0.15) is 12.1 Å². The van der Waals surface area contributed by atoms with Crippen LogP contribution in [0, 0.1) is 0 Å². The summed E-state index contributed by atoms with van der Waals surface area (Å²) in [6.07, 6.45) is 0.127. The lowest BCUT2D eigenvalue weighted by Crippen LogP contribution is -2.46. The van der Waals surface area contributed by atoms with E-state index in [2.05, 4.69) is 10.3 Å². The van der Waals surface area contributed by atoms with E-state index in [9.17, 15) is 10.2 Å². The summed E-state index contributed by atoms with van der Waals surface area (Å²) in [6.45, 7) is 5.86. The summed E-state index contributed by atoms with van der Waals surface area (Å²) in [4.78, 5) is 0. The highest BCUT2D eigenvalue weighted by Crippen LogP contribution is 2.14.